The van der Waals surface area contributed by atoms with E-state index in [-0.39, 0.29) is 24.5 Å². The Bertz CT molecular complexity index is 1730. The summed E-state index contributed by atoms with van der Waals surface area (Å²) in [6, 6.07) is 13.6. The molecule has 0 aliphatic heterocycles. The van der Waals surface area contributed by atoms with E-state index in [1.807, 2.05) is 31.2 Å². The molecule has 4 aromatic rings. The van der Waals surface area contributed by atoms with E-state index in [2.05, 4.69) is 20.9 Å². The van der Waals surface area contributed by atoms with Crippen LogP contribution in [0.3, 0.4) is 0 Å². The van der Waals surface area contributed by atoms with E-state index in [4.69, 9.17) is 9.15 Å². The number of carbonyl (C=O) groups excluding carboxylic acids is 3. The van der Waals surface area contributed by atoms with Crippen molar-refractivity contribution >= 4 is 34.8 Å². The van der Waals surface area contributed by atoms with Crippen LogP contribution in [0.2, 0.25) is 0 Å². The van der Waals surface area contributed by atoms with Gasteiger partial charge in [-0.1, -0.05) is 68.8 Å². The van der Waals surface area contributed by atoms with E-state index in [1.165, 1.54) is 0 Å². The average Bonchev–Trinajstić information content (AvgIpc) is 3.46. The highest BCUT2D eigenvalue weighted by atomic mass is 16.6. The largest absolute Gasteiger partial charge is 0.502 e. The number of carbonyl (C=O) groups is 4. The van der Waals surface area contributed by atoms with Gasteiger partial charge in [0.15, 0.2) is 12.4 Å². The van der Waals surface area contributed by atoms with Crippen LogP contribution in [0.25, 0.3) is 10.9 Å². The van der Waals surface area contributed by atoms with Gasteiger partial charge in [0.2, 0.25) is 17.2 Å². The highest BCUT2D eigenvalue weighted by Crippen LogP contribution is 2.20. The first-order valence-corrected chi connectivity index (χ1v) is 14.7. The van der Waals surface area contributed by atoms with Gasteiger partial charge in [0, 0.05) is 36.0 Å². The number of aromatic nitrogens is 1. The molecule has 0 aliphatic rings. The molecule has 0 radical (unpaired) electrons. The molecule has 0 unspecified atom stereocenters. The fourth-order valence-electron chi connectivity index (χ4n) is 4.84. The molecule has 242 valence electrons. The normalized spacial score (nSPS) is 13.6. The molecule has 2 aromatic carbocycles. The van der Waals surface area contributed by atoms with Crippen LogP contribution in [0.15, 0.2) is 82.3 Å². The van der Waals surface area contributed by atoms with E-state index >= 15 is 0 Å². The van der Waals surface area contributed by atoms with Gasteiger partial charge in [0.05, 0.1) is 0 Å². The highest BCUT2D eigenvalue weighted by Gasteiger charge is 2.32. The van der Waals surface area contributed by atoms with E-state index in [0.717, 1.165) is 23.2 Å². The Labute approximate surface area is 264 Å². The van der Waals surface area contributed by atoms with Gasteiger partial charge in [-0.3, -0.25) is 14.4 Å². The molecule has 0 spiro atoms. The number of nitrogens with one attached hydrogen (secondary N) is 4. The Hall–Kier alpha value is -5.59. The average molecular weight is 633 g/mol. The zero-order valence-electron chi connectivity index (χ0n) is 25.3. The van der Waals surface area contributed by atoms with Crippen molar-refractivity contribution in [3.8, 4) is 5.75 Å². The number of benzene rings is 2. The topological polar surface area (TPSA) is 200 Å². The minimum atomic E-state index is -1.22. The fourth-order valence-corrected chi connectivity index (χ4v) is 4.84. The van der Waals surface area contributed by atoms with Gasteiger partial charge in [0.25, 0.3) is 0 Å². The monoisotopic (exact) mass is 632 g/mol. The number of aromatic amines is 1. The maximum absolute atomic E-state index is 13.8. The molecule has 4 rings (SSSR count). The van der Waals surface area contributed by atoms with Crippen molar-refractivity contribution < 1.29 is 38.5 Å². The number of carboxylic acid groups (broad SMARTS) is 1. The van der Waals surface area contributed by atoms with Crippen LogP contribution in [0.4, 0.5) is 4.79 Å². The van der Waals surface area contributed by atoms with Crippen LogP contribution in [-0.2, 0) is 38.6 Å². The zero-order valence-corrected chi connectivity index (χ0v) is 25.3. The quantitative estimate of drug-likeness (QED) is 0.121. The first kappa shape index (κ1) is 33.3. The number of fused-ring (bicyclic) bond motifs is 1. The highest BCUT2D eigenvalue weighted by molar-refractivity contribution is 5.94. The Kier molecular flexibility index (Phi) is 11.2. The molecule has 0 saturated heterocycles. The van der Waals surface area contributed by atoms with Crippen LogP contribution in [0, 0.1) is 5.92 Å². The molecule has 3 amide bonds. The number of amides is 3. The number of rotatable bonds is 14. The molecule has 13 heteroatoms. The number of H-pyrrole nitrogens is 1. The van der Waals surface area contributed by atoms with Crippen molar-refractivity contribution in [1.82, 2.24) is 20.9 Å². The summed E-state index contributed by atoms with van der Waals surface area (Å²) in [6.45, 7) is 3.06. The molecule has 0 bridgehead atoms. The summed E-state index contributed by atoms with van der Waals surface area (Å²) in [6.07, 6.45) is 2.08. The summed E-state index contributed by atoms with van der Waals surface area (Å²) >= 11 is 0. The Morgan fingerprint density at radius 3 is 2.30 bits per heavy atom. The Balaban J connectivity index is 1.57. The van der Waals surface area contributed by atoms with Crippen LogP contribution in [0.1, 0.15) is 37.2 Å². The molecule has 2 heterocycles. The van der Waals surface area contributed by atoms with E-state index < -0.39 is 59.8 Å². The van der Waals surface area contributed by atoms with Crippen LogP contribution >= 0.6 is 0 Å². The maximum atomic E-state index is 13.8. The number of hydrogen-bond acceptors (Lipinski definition) is 8. The number of para-hydroxylation sites is 1. The van der Waals surface area contributed by atoms with Crippen LogP contribution in [-0.4, -0.2) is 57.2 Å². The van der Waals surface area contributed by atoms with Crippen LogP contribution < -0.4 is 21.4 Å². The van der Waals surface area contributed by atoms with E-state index in [0.29, 0.717) is 17.5 Å². The number of carboxylic acids is 1. The first-order valence-electron chi connectivity index (χ1n) is 14.7. The maximum Gasteiger partial charge on any atom is 0.408 e. The molecule has 0 fully saturated rings. The van der Waals surface area contributed by atoms with Crippen molar-refractivity contribution in [2.45, 2.75) is 57.8 Å². The molecule has 6 N–H and O–H groups in total. The van der Waals surface area contributed by atoms with E-state index in [1.54, 1.807) is 43.5 Å². The summed E-state index contributed by atoms with van der Waals surface area (Å²) in [5, 5.41) is 27.8. The number of ether oxygens (including phenoxy) is 1. The number of aromatic hydroxyl groups is 1. The minimum absolute atomic E-state index is 0.0246. The number of alkyl carbamates (subject to hydrolysis) is 1. The summed E-state index contributed by atoms with van der Waals surface area (Å²) in [4.78, 5) is 67.0. The Morgan fingerprint density at radius 2 is 1.61 bits per heavy atom. The van der Waals surface area contributed by atoms with Gasteiger partial charge in [-0.15, -0.1) is 0 Å². The van der Waals surface area contributed by atoms with Gasteiger partial charge in [-0.2, -0.15) is 0 Å². The lowest BCUT2D eigenvalue weighted by atomic mass is 9.97. The van der Waals surface area contributed by atoms with Gasteiger partial charge < -0.3 is 40.3 Å². The lowest BCUT2D eigenvalue weighted by Gasteiger charge is -2.26. The molecule has 0 aliphatic carbocycles. The van der Waals surface area contributed by atoms with Gasteiger partial charge in [-0.25, -0.2) is 9.59 Å². The second-order valence-electron chi connectivity index (χ2n) is 10.9. The standard InChI is InChI=1S/C33H36N4O9/c1-3-19(2)29(32(42)43)37-31(41)26(14-21-16-34-24-12-8-7-11-23(21)24)35-30(40)25(13-20-9-5-4-6-10-20)36-33(44)46-17-22-15-27(38)28(39)18-45-22/h4-12,15-16,18-19,25-26,29,34,39H,3,13-14,17H2,1-2H3,(H,35,40)(H,36,44)(H,37,41)(H,42,43)/t19-,25-,26-,29-/m0/s1. The van der Waals surface area contributed by atoms with Gasteiger partial charge in [-0.05, 0) is 23.1 Å². The summed E-state index contributed by atoms with van der Waals surface area (Å²) in [5.74, 6) is -3.63. The van der Waals surface area contributed by atoms with E-state index in [9.17, 15) is 34.2 Å². The van der Waals surface area contributed by atoms with Gasteiger partial charge >= 0.3 is 12.1 Å². The molecular weight excluding hydrogens is 596 g/mol. The predicted molar refractivity (Wildman–Crippen MR) is 167 cm³/mol. The SMILES string of the molecule is CC[C@H](C)[C@H](NC(=O)[C@H](Cc1c[nH]c2ccccc12)NC(=O)[C@H](Cc1ccccc1)NC(=O)OCc1cc(=O)c(O)co1)C(=O)O. The Morgan fingerprint density at radius 1 is 0.935 bits per heavy atom. The smallest absolute Gasteiger partial charge is 0.408 e. The second kappa shape index (κ2) is 15.4. The van der Waals surface area contributed by atoms with Crippen molar-refractivity contribution in [2.75, 3.05) is 0 Å². The number of hydrogen-bond donors (Lipinski definition) is 6. The zero-order chi connectivity index (χ0) is 33.2. The third-order valence-electron chi connectivity index (χ3n) is 7.61. The molecule has 0 saturated carbocycles. The fraction of sp³-hybridized carbons (Fsp3) is 0.303. The predicted octanol–water partition coefficient (Wildman–Crippen LogP) is 3.01. The molecule has 4 atom stereocenters. The summed E-state index contributed by atoms with van der Waals surface area (Å²) in [5.41, 5.74) is 1.52. The van der Waals surface area contributed by atoms with Crippen molar-refractivity contribution in [1.29, 1.82) is 0 Å². The third kappa shape index (κ3) is 8.74. The minimum Gasteiger partial charge on any atom is -0.502 e. The molecule has 2 aromatic heterocycles. The molecule has 13 nitrogen and oxygen atoms in total. The molecular formula is C33H36N4O9. The van der Waals surface area contributed by atoms with Crippen LogP contribution in [0.5, 0.6) is 5.75 Å². The summed E-state index contributed by atoms with van der Waals surface area (Å²) < 4.78 is 10.2. The van der Waals surface area contributed by atoms with Crippen molar-refractivity contribution in [3.05, 3.63) is 100 Å². The summed E-state index contributed by atoms with van der Waals surface area (Å²) in [7, 11) is 0. The number of aliphatic carboxylic acids is 1. The second-order valence-corrected chi connectivity index (χ2v) is 10.9. The molecule has 46 heavy (non-hydrogen) atoms. The third-order valence-corrected chi connectivity index (χ3v) is 7.61. The first-order chi connectivity index (χ1) is 22.0. The lowest BCUT2D eigenvalue weighted by molar-refractivity contribution is -0.143. The van der Waals surface area contributed by atoms with Crippen molar-refractivity contribution in [3.63, 3.8) is 0 Å². The van der Waals surface area contributed by atoms with Crippen molar-refractivity contribution in [2.24, 2.45) is 5.92 Å². The lowest BCUT2D eigenvalue weighted by Crippen LogP contribution is -2.57. The van der Waals surface area contributed by atoms with Gasteiger partial charge in [0.1, 0.15) is 30.1 Å².